The Morgan fingerprint density at radius 1 is 1.23 bits per heavy atom. The summed E-state index contributed by atoms with van der Waals surface area (Å²) < 4.78 is 1.83. The van der Waals surface area contributed by atoms with Crippen molar-refractivity contribution in [2.24, 2.45) is 0 Å². The van der Waals surface area contributed by atoms with Crippen LogP contribution < -0.4 is 5.56 Å². The minimum atomic E-state index is 0.139. The molecule has 3 nitrogen and oxygen atoms in total. The van der Waals surface area contributed by atoms with E-state index < -0.39 is 0 Å². The molecule has 2 aromatic rings. The molecule has 1 aliphatic rings. The van der Waals surface area contributed by atoms with Gasteiger partial charge in [0.2, 0.25) is 0 Å². The molecular weight excluding hydrogens is 292 g/mol. The average molecular weight is 312 g/mol. The molecular formula is C18H20N2OS. The molecule has 3 rings (SSSR count). The van der Waals surface area contributed by atoms with E-state index in [1.807, 2.05) is 41.0 Å². The van der Waals surface area contributed by atoms with E-state index in [0.29, 0.717) is 6.54 Å². The molecule has 0 unspecified atom stereocenters. The maximum atomic E-state index is 12.9. The Hall–Kier alpha value is -1.81. The van der Waals surface area contributed by atoms with Crippen molar-refractivity contribution in [3.8, 4) is 0 Å². The van der Waals surface area contributed by atoms with Gasteiger partial charge in [0.1, 0.15) is 0 Å². The molecule has 0 saturated heterocycles. The maximum Gasteiger partial charge on any atom is 0.257 e. The lowest BCUT2D eigenvalue weighted by molar-refractivity contribution is 0.576. The lowest BCUT2D eigenvalue weighted by atomic mass is 9.97. The SMILES string of the molecule is C=CCSc1nc2c(c(=O)n1Cc1ccccc1)CCCC2. The fraction of sp³-hybridized carbons (Fsp3) is 0.333. The van der Waals surface area contributed by atoms with Crippen molar-refractivity contribution >= 4 is 11.8 Å². The summed E-state index contributed by atoms with van der Waals surface area (Å²) in [5.41, 5.74) is 3.19. The Morgan fingerprint density at radius 3 is 2.77 bits per heavy atom. The highest BCUT2D eigenvalue weighted by Gasteiger charge is 2.19. The van der Waals surface area contributed by atoms with Crippen molar-refractivity contribution in [1.29, 1.82) is 0 Å². The molecule has 0 amide bonds. The van der Waals surface area contributed by atoms with Gasteiger partial charge in [0.05, 0.1) is 12.2 Å². The van der Waals surface area contributed by atoms with Gasteiger partial charge in [-0.3, -0.25) is 9.36 Å². The zero-order valence-electron chi connectivity index (χ0n) is 12.6. The van der Waals surface area contributed by atoms with Gasteiger partial charge in [-0.25, -0.2) is 4.98 Å². The number of nitrogens with zero attached hydrogens (tertiary/aromatic N) is 2. The molecule has 1 heterocycles. The zero-order valence-corrected chi connectivity index (χ0v) is 13.4. The number of benzene rings is 1. The number of hydrogen-bond donors (Lipinski definition) is 0. The van der Waals surface area contributed by atoms with Gasteiger partial charge in [-0.05, 0) is 31.2 Å². The van der Waals surface area contributed by atoms with Crippen LogP contribution in [0.5, 0.6) is 0 Å². The van der Waals surface area contributed by atoms with Gasteiger partial charge in [0.25, 0.3) is 5.56 Å². The summed E-state index contributed by atoms with van der Waals surface area (Å²) >= 11 is 1.59. The van der Waals surface area contributed by atoms with Crippen LogP contribution in [0.25, 0.3) is 0 Å². The quantitative estimate of drug-likeness (QED) is 0.482. The van der Waals surface area contributed by atoms with Crippen LogP contribution in [0.4, 0.5) is 0 Å². The van der Waals surface area contributed by atoms with E-state index in [9.17, 15) is 4.79 Å². The zero-order chi connectivity index (χ0) is 15.4. The number of rotatable bonds is 5. The van der Waals surface area contributed by atoms with E-state index in [0.717, 1.165) is 53.4 Å². The first kappa shape index (κ1) is 15.1. The smallest absolute Gasteiger partial charge is 0.257 e. The summed E-state index contributed by atoms with van der Waals surface area (Å²) in [4.78, 5) is 17.7. The second-order valence-corrected chi connectivity index (χ2v) is 6.49. The van der Waals surface area contributed by atoms with Crippen LogP contribution in [0.15, 0.2) is 52.9 Å². The minimum absolute atomic E-state index is 0.139. The van der Waals surface area contributed by atoms with Gasteiger partial charge in [-0.1, -0.05) is 48.2 Å². The Bertz CT molecular complexity index is 722. The summed E-state index contributed by atoms with van der Waals surface area (Å²) in [6, 6.07) is 10.1. The van der Waals surface area contributed by atoms with Gasteiger partial charge in [-0.2, -0.15) is 0 Å². The van der Waals surface area contributed by atoms with Crippen molar-refractivity contribution in [1.82, 2.24) is 9.55 Å². The standard InChI is InChI=1S/C18H20N2OS/c1-2-12-22-18-19-16-11-7-6-10-15(16)17(21)20(18)13-14-8-4-3-5-9-14/h2-5,8-9H,1,6-7,10-13H2. The minimum Gasteiger partial charge on any atom is -0.283 e. The van der Waals surface area contributed by atoms with Crippen molar-refractivity contribution in [3.05, 3.63) is 70.2 Å². The monoisotopic (exact) mass is 312 g/mol. The molecule has 0 bridgehead atoms. The van der Waals surface area contributed by atoms with Crippen LogP contribution in [0.3, 0.4) is 0 Å². The molecule has 1 aromatic carbocycles. The maximum absolute atomic E-state index is 12.9. The van der Waals surface area contributed by atoms with Gasteiger partial charge < -0.3 is 0 Å². The first-order chi connectivity index (χ1) is 10.8. The van der Waals surface area contributed by atoms with E-state index in [1.165, 1.54) is 0 Å². The topological polar surface area (TPSA) is 34.9 Å². The molecule has 0 atom stereocenters. The number of thioether (sulfide) groups is 1. The highest BCUT2D eigenvalue weighted by atomic mass is 32.2. The summed E-state index contributed by atoms with van der Waals surface area (Å²) in [5.74, 6) is 0.764. The van der Waals surface area contributed by atoms with Crippen LogP contribution in [0, 0.1) is 0 Å². The van der Waals surface area contributed by atoms with Crippen molar-refractivity contribution in [2.45, 2.75) is 37.4 Å². The normalized spacial score (nSPS) is 13.6. The number of aryl methyl sites for hydroxylation is 1. The molecule has 22 heavy (non-hydrogen) atoms. The van der Waals surface area contributed by atoms with Crippen LogP contribution in [-0.4, -0.2) is 15.3 Å². The van der Waals surface area contributed by atoms with Crippen LogP contribution >= 0.6 is 11.8 Å². The Kier molecular flexibility index (Phi) is 4.78. The third kappa shape index (κ3) is 3.17. The second-order valence-electron chi connectivity index (χ2n) is 5.50. The molecule has 1 aliphatic carbocycles. The van der Waals surface area contributed by atoms with Crippen LogP contribution in [0.2, 0.25) is 0 Å². The van der Waals surface area contributed by atoms with E-state index >= 15 is 0 Å². The predicted octanol–water partition coefficient (Wildman–Crippen LogP) is 3.45. The Balaban J connectivity index is 2.04. The molecule has 4 heteroatoms. The molecule has 0 N–H and O–H groups in total. The van der Waals surface area contributed by atoms with Crippen molar-refractivity contribution < 1.29 is 0 Å². The Labute approximate surface area is 135 Å². The summed E-state index contributed by atoms with van der Waals surface area (Å²) in [7, 11) is 0. The van der Waals surface area contributed by atoms with E-state index in [1.54, 1.807) is 11.8 Å². The lowest BCUT2D eigenvalue weighted by Crippen LogP contribution is -2.30. The van der Waals surface area contributed by atoms with Gasteiger partial charge >= 0.3 is 0 Å². The number of aromatic nitrogens is 2. The fourth-order valence-electron chi connectivity index (χ4n) is 2.82. The van der Waals surface area contributed by atoms with Crippen LogP contribution in [0.1, 0.15) is 29.7 Å². The number of fused-ring (bicyclic) bond motifs is 1. The van der Waals surface area contributed by atoms with Gasteiger partial charge in [0.15, 0.2) is 5.16 Å². The molecule has 0 fully saturated rings. The van der Waals surface area contributed by atoms with Crippen LogP contribution in [-0.2, 0) is 19.4 Å². The third-order valence-electron chi connectivity index (χ3n) is 3.92. The number of hydrogen-bond acceptors (Lipinski definition) is 3. The van der Waals surface area contributed by atoms with Crippen molar-refractivity contribution in [3.63, 3.8) is 0 Å². The summed E-state index contributed by atoms with van der Waals surface area (Å²) in [6.45, 7) is 4.35. The van der Waals surface area contributed by atoms with E-state index in [2.05, 4.69) is 6.58 Å². The molecule has 114 valence electrons. The molecule has 0 radical (unpaired) electrons. The largest absolute Gasteiger partial charge is 0.283 e. The second kappa shape index (κ2) is 6.97. The summed E-state index contributed by atoms with van der Waals surface area (Å²) in [5, 5.41) is 0.814. The highest BCUT2D eigenvalue weighted by molar-refractivity contribution is 7.99. The van der Waals surface area contributed by atoms with E-state index in [4.69, 9.17) is 4.98 Å². The molecule has 1 aromatic heterocycles. The molecule has 0 aliphatic heterocycles. The molecule has 0 spiro atoms. The van der Waals surface area contributed by atoms with Crippen molar-refractivity contribution in [2.75, 3.05) is 5.75 Å². The Morgan fingerprint density at radius 2 is 2.00 bits per heavy atom. The summed E-state index contributed by atoms with van der Waals surface area (Å²) in [6.07, 6.45) is 5.87. The lowest BCUT2D eigenvalue weighted by Gasteiger charge is -2.19. The first-order valence-corrected chi connectivity index (χ1v) is 8.68. The van der Waals surface area contributed by atoms with Gasteiger partial charge in [0, 0.05) is 11.3 Å². The molecule has 0 saturated carbocycles. The predicted molar refractivity (Wildman–Crippen MR) is 91.6 cm³/mol. The van der Waals surface area contributed by atoms with Gasteiger partial charge in [-0.15, -0.1) is 6.58 Å². The van der Waals surface area contributed by atoms with E-state index in [-0.39, 0.29) is 5.56 Å². The third-order valence-corrected chi connectivity index (χ3v) is 4.89. The fourth-order valence-corrected chi connectivity index (χ4v) is 3.56. The average Bonchev–Trinajstić information content (AvgIpc) is 2.57. The first-order valence-electron chi connectivity index (χ1n) is 7.70. The highest BCUT2D eigenvalue weighted by Crippen LogP contribution is 2.22.